The lowest BCUT2D eigenvalue weighted by Crippen LogP contribution is -2.15. The second kappa shape index (κ2) is 7.39. The third-order valence-electron chi connectivity index (χ3n) is 3.79. The maximum Gasteiger partial charge on any atom is 0.348 e. The first-order valence-electron chi connectivity index (χ1n) is 7.89. The van der Waals surface area contributed by atoms with Crippen LogP contribution in [-0.2, 0) is 11.2 Å². The molecule has 134 valence electrons. The summed E-state index contributed by atoms with van der Waals surface area (Å²) in [4.78, 5) is 44.5. The number of benzene rings is 1. The van der Waals surface area contributed by atoms with Gasteiger partial charge in [0, 0.05) is 10.6 Å². The van der Waals surface area contributed by atoms with Crippen molar-refractivity contribution in [3.63, 3.8) is 0 Å². The molecule has 0 fully saturated rings. The molecule has 0 bridgehead atoms. The van der Waals surface area contributed by atoms with Crippen LogP contribution in [0.15, 0.2) is 29.1 Å². The maximum absolute atomic E-state index is 12.4. The number of carbonyl (C=O) groups excluding carboxylic acids is 2. The van der Waals surface area contributed by atoms with Crippen molar-refractivity contribution >= 4 is 44.9 Å². The number of esters is 1. The number of aromatic nitrogens is 2. The fourth-order valence-electron chi connectivity index (χ4n) is 2.58. The summed E-state index contributed by atoms with van der Waals surface area (Å²) in [5, 5.41) is 0.803. The Bertz CT molecular complexity index is 1070. The van der Waals surface area contributed by atoms with Gasteiger partial charge < -0.3 is 9.72 Å². The van der Waals surface area contributed by atoms with Gasteiger partial charge in [0.2, 0.25) is 0 Å². The van der Waals surface area contributed by atoms with E-state index in [-0.39, 0.29) is 30.2 Å². The van der Waals surface area contributed by atoms with Crippen molar-refractivity contribution in [2.45, 2.75) is 20.3 Å². The van der Waals surface area contributed by atoms with Crippen LogP contribution in [0.5, 0.6) is 0 Å². The number of hydrogen-bond donors (Lipinski definition) is 1. The average molecular weight is 391 g/mol. The van der Waals surface area contributed by atoms with Gasteiger partial charge in [-0.05, 0) is 31.5 Å². The van der Waals surface area contributed by atoms with Crippen LogP contribution in [0, 0.1) is 6.92 Å². The van der Waals surface area contributed by atoms with E-state index in [0.29, 0.717) is 31.2 Å². The SMILES string of the molecule is CCOC(=O)c1sc2nc(CC(=O)c3cccc(Cl)c3)[nH]c(=O)c2c1C. The molecule has 0 spiro atoms. The molecule has 0 saturated heterocycles. The minimum atomic E-state index is -0.482. The third kappa shape index (κ3) is 3.54. The van der Waals surface area contributed by atoms with E-state index in [1.54, 1.807) is 38.1 Å². The molecule has 0 unspecified atom stereocenters. The number of H-pyrrole nitrogens is 1. The molecule has 8 heteroatoms. The summed E-state index contributed by atoms with van der Waals surface area (Å²) in [6.45, 7) is 3.64. The molecule has 3 aromatic rings. The van der Waals surface area contributed by atoms with Gasteiger partial charge in [0.15, 0.2) is 5.78 Å². The normalized spacial score (nSPS) is 10.9. The molecule has 0 amide bonds. The van der Waals surface area contributed by atoms with E-state index >= 15 is 0 Å². The van der Waals surface area contributed by atoms with Crippen molar-refractivity contribution < 1.29 is 14.3 Å². The molecule has 26 heavy (non-hydrogen) atoms. The Balaban J connectivity index is 1.97. The Labute approximate surface area is 157 Å². The van der Waals surface area contributed by atoms with Crippen molar-refractivity contribution in [1.82, 2.24) is 9.97 Å². The minimum absolute atomic E-state index is 0.0722. The molecule has 0 atom stereocenters. The van der Waals surface area contributed by atoms with E-state index in [1.807, 2.05) is 0 Å². The van der Waals surface area contributed by atoms with Gasteiger partial charge in [-0.2, -0.15) is 0 Å². The van der Waals surface area contributed by atoms with Crippen molar-refractivity contribution in [2.75, 3.05) is 6.61 Å². The fourth-order valence-corrected chi connectivity index (χ4v) is 3.86. The molecule has 2 aromatic heterocycles. The van der Waals surface area contributed by atoms with Crippen LogP contribution in [0.4, 0.5) is 0 Å². The predicted molar refractivity (Wildman–Crippen MR) is 100 cm³/mol. The van der Waals surface area contributed by atoms with Crippen molar-refractivity contribution in [2.24, 2.45) is 0 Å². The van der Waals surface area contributed by atoms with Crippen LogP contribution >= 0.6 is 22.9 Å². The third-order valence-corrected chi connectivity index (χ3v) is 5.19. The smallest absolute Gasteiger partial charge is 0.348 e. The zero-order valence-corrected chi connectivity index (χ0v) is 15.7. The molecule has 1 N–H and O–H groups in total. The summed E-state index contributed by atoms with van der Waals surface area (Å²) >= 11 is 6.99. The Morgan fingerprint density at radius 2 is 2.12 bits per heavy atom. The number of rotatable bonds is 5. The first kappa shape index (κ1) is 18.3. The second-order valence-electron chi connectivity index (χ2n) is 5.58. The summed E-state index contributed by atoms with van der Waals surface area (Å²) < 4.78 is 5.01. The van der Waals surface area contributed by atoms with E-state index in [4.69, 9.17) is 16.3 Å². The molecule has 0 aliphatic heterocycles. The lowest BCUT2D eigenvalue weighted by molar-refractivity contribution is 0.0531. The van der Waals surface area contributed by atoms with Gasteiger partial charge in [-0.15, -0.1) is 11.3 Å². The molecule has 6 nitrogen and oxygen atoms in total. The van der Waals surface area contributed by atoms with E-state index in [2.05, 4.69) is 9.97 Å². The molecule has 0 aliphatic carbocycles. The first-order chi connectivity index (χ1) is 12.4. The van der Waals surface area contributed by atoms with Crippen molar-refractivity contribution in [1.29, 1.82) is 0 Å². The van der Waals surface area contributed by atoms with Gasteiger partial charge in [-0.1, -0.05) is 23.7 Å². The number of halogens is 1. The summed E-state index contributed by atoms with van der Waals surface area (Å²) in [7, 11) is 0. The van der Waals surface area contributed by atoms with Crippen LogP contribution in [0.25, 0.3) is 10.2 Å². The van der Waals surface area contributed by atoms with Crippen LogP contribution < -0.4 is 5.56 Å². The predicted octanol–water partition coefficient (Wildman–Crippen LogP) is 3.55. The summed E-state index contributed by atoms with van der Waals surface area (Å²) in [5.74, 6) is -0.456. The number of thiophene rings is 1. The number of hydrogen-bond acceptors (Lipinski definition) is 6. The number of Topliss-reactive ketones (excluding diaryl/α,β-unsaturated/α-hetero) is 1. The van der Waals surface area contributed by atoms with Crippen molar-refractivity contribution in [3.8, 4) is 0 Å². The molecule has 0 aliphatic rings. The quantitative estimate of drug-likeness (QED) is 0.531. The molecule has 0 radical (unpaired) electrons. The minimum Gasteiger partial charge on any atom is -0.462 e. The monoisotopic (exact) mass is 390 g/mol. The Morgan fingerprint density at radius 1 is 1.35 bits per heavy atom. The van der Waals surface area contributed by atoms with E-state index in [1.165, 1.54) is 0 Å². The van der Waals surface area contributed by atoms with Gasteiger partial charge in [0.25, 0.3) is 5.56 Å². The van der Waals surface area contributed by atoms with Gasteiger partial charge in [-0.3, -0.25) is 9.59 Å². The number of ether oxygens (including phenoxy) is 1. The zero-order valence-electron chi connectivity index (χ0n) is 14.1. The van der Waals surface area contributed by atoms with E-state index in [0.717, 1.165) is 11.3 Å². The topological polar surface area (TPSA) is 89.1 Å². The Morgan fingerprint density at radius 3 is 2.81 bits per heavy atom. The van der Waals surface area contributed by atoms with E-state index < -0.39 is 5.97 Å². The highest BCUT2D eigenvalue weighted by molar-refractivity contribution is 7.20. The number of nitrogens with one attached hydrogen (secondary N) is 1. The summed E-state index contributed by atoms with van der Waals surface area (Å²) in [6, 6.07) is 6.58. The van der Waals surface area contributed by atoms with Gasteiger partial charge >= 0.3 is 5.97 Å². The number of aryl methyl sites for hydroxylation is 1. The maximum atomic E-state index is 12.4. The van der Waals surface area contributed by atoms with Crippen LogP contribution in [0.1, 0.15) is 38.3 Å². The number of aromatic amines is 1. The molecule has 2 heterocycles. The standard InChI is InChI=1S/C18H15ClN2O4S/c1-3-25-18(24)15-9(2)14-16(23)20-13(21-17(14)26-15)8-12(22)10-5-4-6-11(19)7-10/h4-7H,3,8H2,1-2H3,(H,20,21,23). The average Bonchev–Trinajstić information content (AvgIpc) is 2.92. The Hall–Kier alpha value is -2.51. The highest BCUT2D eigenvalue weighted by Crippen LogP contribution is 2.27. The number of nitrogens with zero attached hydrogens (tertiary/aromatic N) is 1. The molecular formula is C18H15ClN2O4S. The van der Waals surface area contributed by atoms with Gasteiger partial charge in [0.05, 0.1) is 18.4 Å². The fraction of sp³-hybridized carbons (Fsp3) is 0.222. The second-order valence-corrected chi connectivity index (χ2v) is 7.02. The summed E-state index contributed by atoms with van der Waals surface area (Å²) in [5.41, 5.74) is 0.591. The molecule has 1 aromatic carbocycles. The largest absolute Gasteiger partial charge is 0.462 e. The Kier molecular flexibility index (Phi) is 5.20. The first-order valence-corrected chi connectivity index (χ1v) is 9.08. The molecular weight excluding hydrogens is 376 g/mol. The van der Waals surface area contributed by atoms with Crippen molar-refractivity contribution in [3.05, 3.63) is 61.5 Å². The van der Waals surface area contributed by atoms with E-state index in [9.17, 15) is 14.4 Å². The van der Waals surface area contributed by atoms with Gasteiger partial charge in [-0.25, -0.2) is 9.78 Å². The zero-order chi connectivity index (χ0) is 18.8. The van der Waals surface area contributed by atoms with Gasteiger partial charge in [0.1, 0.15) is 15.5 Å². The number of carbonyl (C=O) groups is 2. The number of ketones is 1. The summed E-state index contributed by atoms with van der Waals surface area (Å²) in [6.07, 6.45) is -0.0722. The van der Waals surface area contributed by atoms with Crippen LogP contribution in [0.3, 0.4) is 0 Å². The molecule has 0 saturated carbocycles. The van der Waals surface area contributed by atoms with Crippen LogP contribution in [0.2, 0.25) is 5.02 Å². The number of fused-ring (bicyclic) bond motifs is 1. The highest BCUT2D eigenvalue weighted by atomic mass is 35.5. The lowest BCUT2D eigenvalue weighted by Gasteiger charge is -2.02. The highest BCUT2D eigenvalue weighted by Gasteiger charge is 2.20. The lowest BCUT2D eigenvalue weighted by atomic mass is 10.1. The van der Waals surface area contributed by atoms with Crippen LogP contribution in [-0.4, -0.2) is 28.3 Å². The molecule has 3 rings (SSSR count).